The Balaban J connectivity index is 1.51. The molecule has 0 heterocycles. The predicted octanol–water partition coefficient (Wildman–Crippen LogP) is 5.51. The molecule has 0 radical (unpaired) electrons. The number of hydrogen-bond donors (Lipinski definition) is 2. The first-order chi connectivity index (χ1) is 12.8. The molecular weight excluding hydrogens is 336 g/mol. The smallest absolute Gasteiger partial charge is 0.303 e. The van der Waals surface area contributed by atoms with Gasteiger partial charge in [0, 0.05) is 6.42 Å². The first-order valence-corrected chi connectivity index (χ1v) is 11.7. The third-order valence-corrected chi connectivity index (χ3v) is 10.2. The van der Waals surface area contributed by atoms with E-state index in [-0.39, 0.29) is 6.10 Å². The largest absolute Gasteiger partial charge is 0.481 e. The monoisotopic (exact) mass is 376 g/mol. The molecule has 0 unspecified atom stereocenters. The normalized spacial score (nSPS) is 50.4. The lowest BCUT2D eigenvalue weighted by molar-refractivity contribution is -0.138. The van der Waals surface area contributed by atoms with Gasteiger partial charge < -0.3 is 10.2 Å². The van der Waals surface area contributed by atoms with E-state index in [0.29, 0.717) is 29.1 Å². The van der Waals surface area contributed by atoms with Crippen LogP contribution < -0.4 is 0 Å². The van der Waals surface area contributed by atoms with E-state index in [9.17, 15) is 9.90 Å². The highest BCUT2D eigenvalue weighted by molar-refractivity contribution is 5.66. The van der Waals surface area contributed by atoms with Crippen molar-refractivity contribution in [3.05, 3.63) is 0 Å². The molecule has 4 rings (SSSR count). The molecule has 3 heteroatoms. The fraction of sp³-hybridized carbons (Fsp3) is 0.958. The topological polar surface area (TPSA) is 57.5 Å². The summed E-state index contributed by atoms with van der Waals surface area (Å²) < 4.78 is 0. The molecule has 154 valence electrons. The van der Waals surface area contributed by atoms with Crippen LogP contribution in [-0.2, 0) is 4.79 Å². The van der Waals surface area contributed by atoms with Crippen molar-refractivity contribution >= 4 is 5.97 Å². The second-order valence-electron chi connectivity index (χ2n) is 11.2. The highest BCUT2D eigenvalue weighted by Crippen LogP contribution is 2.68. The first-order valence-electron chi connectivity index (χ1n) is 11.7. The maximum absolute atomic E-state index is 11.0. The Labute approximate surface area is 165 Å². The maximum atomic E-state index is 11.0. The lowest BCUT2D eigenvalue weighted by atomic mass is 9.44. The molecule has 0 aromatic rings. The van der Waals surface area contributed by atoms with Crippen LogP contribution in [0.4, 0.5) is 0 Å². The molecule has 4 aliphatic carbocycles. The molecule has 3 nitrogen and oxygen atoms in total. The van der Waals surface area contributed by atoms with Crippen molar-refractivity contribution in [3.63, 3.8) is 0 Å². The number of aliphatic hydroxyl groups is 1. The van der Waals surface area contributed by atoms with Gasteiger partial charge in [0.25, 0.3) is 0 Å². The third kappa shape index (κ3) is 3.16. The van der Waals surface area contributed by atoms with Crippen LogP contribution in [0.1, 0.15) is 91.4 Å². The number of carbonyl (C=O) groups is 1. The number of aliphatic carboxylic acids is 1. The SMILES string of the molecule is C[C@@H](CCC(=O)O)[C@@H]1CC[C@@H]2[C@H]3CC[C@H]4C[C@@H](O)CC[C@@]4(C)[C@@H]3CC[C@]21C. The highest BCUT2D eigenvalue weighted by Gasteiger charge is 2.60. The molecule has 0 aliphatic heterocycles. The summed E-state index contributed by atoms with van der Waals surface area (Å²) >= 11 is 0. The molecule has 4 saturated carbocycles. The Morgan fingerprint density at radius 2 is 1.70 bits per heavy atom. The average Bonchev–Trinajstić information content (AvgIpc) is 2.97. The van der Waals surface area contributed by atoms with Crippen LogP contribution in [-0.4, -0.2) is 22.3 Å². The number of carboxylic acids is 1. The highest BCUT2D eigenvalue weighted by atomic mass is 16.4. The van der Waals surface area contributed by atoms with Gasteiger partial charge in [-0.2, -0.15) is 0 Å². The van der Waals surface area contributed by atoms with Crippen LogP contribution in [0.2, 0.25) is 0 Å². The summed E-state index contributed by atoms with van der Waals surface area (Å²) in [5.41, 5.74) is 0.882. The Morgan fingerprint density at radius 3 is 2.44 bits per heavy atom. The molecule has 0 amide bonds. The number of aliphatic hydroxyl groups excluding tert-OH is 1. The second kappa shape index (κ2) is 7.04. The van der Waals surface area contributed by atoms with Gasteiger partial charge in [-0.1, -0.05) is 20.8 Å². The Hall–Kier alpha value is -0.570. The van der Waals surface area contributed by atoms with Gasteiger partial charge in [-0.15, -0.1) is 0 Å². The van der Waals surface area contributed by atoms with Crippen molar-refractivity contribution < 1.29 is 15.0 Å². The van der Waals surface area contributed by atoms with Crippen molar-refractivity contribution in [2.45, 2.75) is 97.5 Å². The summed E-state index contributed by atoms with van der Waals surface area (Å²) in [6, 6.07) is 0. The van der Waals surface area contributed by atoms with Gasteiger partial charge in [0.2, 0.25) is 0 Å². The van der Waals surface area contributed by atoms with Crippen LogP contribution in [0, 0.1) is 46.3 Å². The summed E-state index contributed by atoms with van der Waals surface area (Å²) in [5.74, 6) is 3.91. The van der Waals surface area contributed by atoms with E-state index in [1.165, 1.54) is 44.9 Å². The molecule has 0 spiro atoms. The quantitative estimate of drug-likeness (QED) is 0.680. The molecule has 0 saturated heterocycles. The van der Waals surface area contributed by atoms with Crippen LogP contribution in [0.25, 0.3) is 0 Å². The minimum Gasteiger partial charge on any atom is -0.481 e. The molecule has 4 fully saturated rings. The van der Waals surface area contributed by atoms with Gasteiger partial charge >= 0.3 is 5.97 Å². The number of carboxylic acid groups (broad SMARTS) is 1. The summed E-state index contributed by atoms with van der Waals surface area (Å²) in [6.07, 6.45) is 12.4. The van der Waals surface area contributed by atoms with Crippen molar-refractivity contribution in [3.8, 4) is 0 Å². The van der Waals surface area contributed by atoms with Crippen molar-refractivity contribution in [2.75, 3.05) is 0 Å². The summed E-state index contributed by atoms with van der Waals surface area (Å²) in [6.45, 7) is 7.43. The van der Waals surface area contributed by atoms with E-state index in [1.807, 2.05) is 0 Å². The third-order valence-electron chi connectivity index (χ3n) is 10.2. The number of hydrogen-bond acceptors (Lipinski definition) is 2. The standard InChI is InChI=1S/C24H40O3/c1-15(4-9-22(26)27)19-7-8-20-18-6-5-16-14-17(25)10-12-23(16,2)21(18)11-13-24(19,20)3/h15-21,25H,4-14H2,1-3H3,(H,26,27)/t15-,16-,17-,18+,19-,20+,21+,23+,24-/m0/s1. The van der Waals surface area contributed by atoms with Crippen LogP contribution in [0.3, 0.4) is 0 Å². The van der Waals surface area contributed by atoms with Crippen molar-refractivity contribution in [2.24, 2.45) is 46.3 Å². The van der Waals surface area contributed by atoms with E-state index in [0.717, 1.165) is 42.9 Å². The number of fused-ring (bicyclic) bond motifs is 5. The second-order valence-corrected chi connectivity index (χ2v) is 11.2. The zero-order valence-corrected chi connectivity index (χ0v) is 17.6. The van der Waals surface area contributed by atoms with E-state index in [2.05, 4.69) is 20.8 Å². The zero-order valence-electron chi connectivity index (χ0n) is 17.6. The molecule has 9 atom stereocenters. The lowest BCUT2D eigenvalue weighted by Crippen LogP contribution is -2.54. The Morgan fingerprint density at radius 1 is 1.00 bits per heavy atom. The lowest BCUT2D eigenvalue weighted by Gasteiger charge is -2.61. The minimum atomic E-state index is -0.643. The van der Waals surface area contributed by atoms with Crippen molar-refractivity contribution in [1.82, 2.24) is 0 Å². The van der Waals surface area contributed by atoms with Crippen LogP contribution >= 0.6 is 0 Å². The molecule has 0 aromatic carbocycles. The summed E-state index contributed by atoms with van der Waals surface area (Å²) in [7, 11) is 0. The van der Waals surface area contributed by atoms with Crippen LogP contribution in [0.15, 0.2) is 0 Å². The fourth-order valence-electron chi connectivity index (χ4n) is 8.76. The van der Waals surface area contributed by atoms with Gasteiger partial charge in [-0.3, -0.25) is 4.79 Å². The van der Waals surface area contributed by atoms with Crippen LogP contribution in [0.5, 0.6) is 0 Å². The number of rotatable bonds is 4. The van der Waals surface area contributed by atoms with Gasteiger partial charge in [0.1, 0.15) is 0 Å². The fourth-order valence-corrected chi connectivity index (χ4v) is 8.76. The molecule has 27 heavy (non-hydrogen) atoms. The van der Waals surface area contributed by atoms with E-state index < -0.39 is 5.97 Å². The van der Waals surface area contributed by atoms with Gasteiger partial charge in [-0.05, 0) is 111 Å². The van der Waals surface area contributed by atoms with E-state index >= 15 is 0 Å². The molecule has 2 N–H and O–H groups in total. The van der Waals surface area contributed by atoms with E-state index in [1.54, 1.807) is 0 Å². The molecule has 4 aliphatic rings. The molecule has 0 bridgehead atoms. The first kappa shape index (κ1) is 19.7. The summed E-state index contributed by atoms with van der Waals surface area (Å²) in [5, 5.41) is 19.3. The van der Waals surface area contributed by atoms with Gasteiger partial charge in [0.15, 0.2) is 0 Å². The predicted molar refractivity (Wildman–Crippen MR) is 107 cm³/mol. The molecular formula is C24H40O3. The van der Waals surface area contributed by atoms with Crippen molar-refractivity contribution in [1.29, 1.82) is 0 Å². The minimum absolute atomic E-state index is 0.0561. The van der Waals surface area contributed by atoms with E-state index in [4.69, 9.17) is 5.11 Å². The Bertz CT molecular complexity index is 574. The average molecular weight is 377 g/mol. The summed E-state index contributed by atoms with van der Waals surface area (Å²) in [4.78, 5) is 11.0. The maximum Gasteiger partial charge on any atom is 0.303 e. The van der Waals surface area contributed by atoms with Gasteiger partial charge in [0.05, 0.1) is 6.10 Å². The van der Waals surface area contributed by atoms with Gasteiger partial charge in [-0.25, -0.2) is 0 Å². The molecule has 0 aromatic heterocycles. The zero-order chi connectivity index (χ0) is 19.4. The Kier molecular flexibility index (Phi) is 5.15.